The maximum atomic E-state index is 11.9. The van der Waals surface area contributed by atoms with Crippen LogP contribution in [0.1, 0.15) is 16.7 Å². The monoisotopic (exact) mass is 281 g/mol. The first-order valence-electron chi connectivity index (χ1n) is 5.76. The number of benzene rings is 1. The van der Waals surface area contributed by atoms with Gasteiger partial charge in [-0.25, -0.2) is 13.1 Å². The summed E-state index contributed by atoms with van der Waals surface area (Å²) in [5.74, 6) is -0.0867. The first-order valence-corrected chi connectivity index (χ1v) is 7.41. The third-order valence-corrected chi connectivity index (χ3v) is 3.94. The van der Waals surface area contributed by atoms with E-state index in [1.807, 2.05) is 0 Å². The quantitative estimate of drug-likeness (QED) is 0.838. The molecular weight excluding hydrogens is 266 g/mol. The molecule has 0 aliphatic carbocycles. The summed E-state index contributed by atoms with van der Waals surface area (Å²) in [6, 6.07) is 8.52. The van der Waals surface area contributed by atoms with Crippen molar-refractivity contribution in [2.24, 2.45) is 0 Å². The van der Waals surface area contributed by atoms with Crippen LogP contribution in [0.3, 0.4) is 0 Å². The average molecular weight is 281 g/mol. The van der Waals surface area contributed by atoms with E-state index in [9.17, 15) is 8.42 Å². The van der Waals surface area contributed by atoms with E-state index in [0.717, 1.165) is 11.1 Å². The van der Waals surface area contributed by atoms with E-state index < -0.39 is 10.0 Å². The Hall–Kier alpha value is -1.63. The molecule has 0 atom stereocenters. The van der Waals surface area contributed by atoms with Crippen LogP contribution in [-0.4, -0.2) is 13.5 Å². The van der Waals surface area contributed by atoms with Gasteiger partial charge in [0.25, 0.3) is 0 Å². The fourth-order valence-corrected chi connectivity index (χ4v) is 2.72. The van der Waals surface area contributed by atoms with E-state index in [1.54, 1.807) is 30.3 Å². The zero-order chi connectivity index (χ0) is 13.7. The fourth-order valence-electron chi connectivity index (χ4n) is 1.60. The molecule has 102 valence electrons. The second kappa shape index (κ2) is 6.01. The molecule has 0 aliphatic heterocycles. The van der Waals surface area contributed by atoms with Crippen molar-refractivity contribution in [1.29, 1.82) is 0 Å². The molecule has 5 nitrogen and oxygen atoms in total. The Morgan fingerprint density at radius 2 is 1.74 bits per heavy atom. The predicted octanol–water partition coefficient (Wildman–Crippen LogP) is 1.39. The molecule has 2 rings (SSSR count). The smallest absolute Gasteiger partial charge is 0.216 e. The molecule has 0 unspecified atom stereocenters. The molecule has 19 heavy (non-hydrogen) atoms. The van der Waals surface area contributed by atoms with Gasteiger partial charge >= 0.3 is 0 Å². The Morgan fingerprint density at radius 3 is 2.32 bits per heavy atom. The molecule has 0 saturated carbocycles. The Morgan fingerprint density at radius 1 is 1.05 bits per heavy atom. The van der Waals surface area contributed by atoms with Crippen LogP contribution in [0.4, 0.5) is 0 Å². The number of aliphatic hydroxyl groups excluding tert-OH is 1. The molecule has 1 heterocycles. The lowest BCUT2D eigenvalue weighted by Crippen LogP contribution is -2.24. The number of nitrogens with one attached hydrogen (secondary N) is 1. The molecule has 1 aromatic carbocycles. The highest BCUT2D eigenvalue weighted by atomic mass is 32.2. The van der Waals surface area contributed by atoms with Gasteiger partial charge in [-0.1, -0.05) is 24.3 Å². The molecule has 0 bridgehead atoms. The number of aliphatic hydroxyl groups is 1. The summed E-state index contributed by atoms with van der Waals surface area (Å²) in [6.07, 6.45) is 3.00. The second-order valence-corrected chi connectivity index (χ2v) is 5.99. The van der Waals surface area contributed by atoms with Crippen molar-refractivity contribution in [3.8, 4) is 0 Å². The number of hydrogen-bond donors (Lipinski definition) is 2. The summed E-state index contributed by atoms with van der Waals surface area (Å²) in [4.78, 5) is 0. The molecule has 2 N–H and O–H groups in total. The van der Waals surface area contributed by atoms with Gasteiger partial charge in [0, 0.05) is 12.1 Å². The van der Waals surface area contributed by atoms with Crippen LogP contribution in [0.15, 0.2) is 47.3 Å². The molecule has 0 saturated heterocycles. The largest absolute Gasteiger partial charge is 0.472 e. The van der Waals surface area contributed by atoms with Crippen molar-refractivity contribution in [3.63, 3.8) is 0 Å². The minimum absolute atomic E-state index is 0.0498. The number of sulfonamides is 1. The molecule has 0 fully saturated rings. The van der Waals surface area contributed by atoms with Gasteiger partial charge < -0.3 is 9.52 Å². The summed E-state index contributed by atoms with van der Waals surface area (Å²) in [5, 5.41) is 8.91. The van der Waals surface area contributed by atoms with Gasteiger partial charge in [0.1, 0.15) is 0 Å². The van der Waals surface area contributed by atoms with Gasteiger partial charge in [-0.3, -0.25) is 0 Å². The van der Waals surface area contributed by atoms with Crippen LogP contribution < -0.4 is 4.72 Å². The predicted molar refractivity (Wildman–Crippen MR) is 70.5 cm³/mol. The Kier molecular flexibility index (Phi) is 4.36. The highest BCUT2D eigenvalue weighted by molar-refractivity contribution is 7.88. The molecule has 0 amide bonds. The van der Waals surface area contributed by atoms with E-state index in [4.69, 9.17) is 9.52 Å². The molecule has 1 aromatic heterocycles. The number of rotatable bonds is 6. The molecule has 6 heteroatoms. The molecular formula is C13H15NO4S. The van der Waals surface area contributed by atoms with Crippen molar-refractivity contribution < 1.29 is 17.9 Å². The first kappa shape index (κ1) is 13.8. The topological polar surface area (TPSA) is 79.5 Å². The number of hydrogen-bond acceptors (Lipinski definition) is 4. The molecule has 0 aliphatic rings. The van der Waals surface area contributed by atoms with Crippen molar-refractivity contribution in [1.82, 2.24) is 4.72 Å². The van der Waals surface area contributed by atoms with E-state index in [-0.39, 0.29) is 18.9 Å². The van der Waals surface area contributed by atoms with Crippen molar-refractivity contribution in [3.05, 3.63) is 59.5 Å². The van der Waals surface area contributed by atoms with Gasteiger partial charge in [-0.2, -0.15) is 0 Å². The van der Waals surface area contributed by atoms with Gasteiger partial charge in [-0.05, 0) is 17.2 Å². The standard InChI is InChI=1S/C13H15NO4S/c15-8-11-1-3-12(4-2-11)10-19(16,17)14-7-13-5-6-18-9-13/h1-6,9,14-15H,7-8,10H2. The molecule has 2 aromatic rings. The van der Waals surface area contributed by atoms with Crippen molar-refractivity contribution in [2.75, 3.05) is 0 Å². The van der Waals surface area contributed by atoms with Crippen LogP contribution in [0.25, 0.3) is 0 Å². The van der Waals surface area contributed by atoms with Crippen LogP contribution in [0.5, 0.6) is 0 Å². The lowest BCUT2D eigenvalue weighted by molar-refractivity contribution is 0.282. The highest BCUT2D eigenvalue weighted by Gasteiger charge is 2.11. The maximum absolute atomic E-state index is 11.9. The average Bonchev–Trinajstić information content (AvgIpc) is 2.90. The van der Waals surface area contributed by atoms with Crippen LogP contribution >= 0.6 is 0 Å². The minimum Gasteiger partial charge on any atom is -0.472 e. The first-order chi connectivity index (χ1) is 9.09. The van der Waals surface area contributed by atoms with E-state index in [2.05, 4.69) is 4.72 Å². The van der Waals surface area contributed by atoms with Crippen molar-refractivity contribution >= 4 is 10.0 Å². The summed E-state index contributed by atoms with van der Waals surface area (Å²) in [5.41, 5.74) is 2.21. The van der Waals surface area contributed by atoms with Gasteiger partial charge in [0.05, 0.1) is 24.9 Å². The highest BCUT2D eigenvalue weighted by Crippen LogP contribution is 2.08. The zero-order valence-corrected chi connectivity index (χ0v) is 11.1. The molecule has 0 radical (unpaired) electrons. The Bertz CT molecular complexity index is 603. The Labute approximate surface area is 111 Å². The summed E-state index contributed by atoms with van der Waals surface area (Å²) < 4.78 is 31.1. The summed E-state index contributed by atoms with van der Waals surface area (Å²) in [7, 11) is -3.38. The van der Waals surface area contributed by atoms with E-state index in [0.29, 0.717) is 5.56 Å². The van der Waals surface area contributed by atoms with Gasteiger partial charge in [0.15, 0.2) is 0 Å². The van der Waals surface area contributed by atoms with Crippen LogP contribution in [0.2, 0.25) is 0 Å². The Balaban J connectivity index is 1.96. The van der Waals surface area contributed by atoms with E-state index in [1.165, 1.54) is 12.5 Å². The maximum Gasteiger partial charge on any atom is 0.216 e. The lowest BCUT2D eigenvalue weighted by atomic mass is 10.2. The normalized spacial score (nSPS) is 11.6. The van der Waals surface area contributed by atoms with Crippen LogP contribution in [0, 0.1) is 0 Å². The summed E-state index contributed by atoms with van der Waals surface area (Å²) in [6.45, 7) is 0.166. The summed E-state index contributed by atoms with van der Waals surface area (Å²) >= 11 is 0. The van der Waals surface area contributed by atoms with Crippen molar-refractivity contribution in [2.45, 2.75) is 18.9 Å². The van der Waals surface area contributed by atoms with Crippen LogP contribution in [-0.2, 0) is 28.9 Å². The minimum atomic E-state index is -3.38. The van der Waals surface area contributed by atoms with Gasteiger partial charge in [0.2, 0.25) is 10.0 Å². The van der Waals surface area contributed by atoms with Gasteiger partial charge in [-0.15, -0.1) is 0 Å². The zero-order valence-electron chi connectivity index (χ0n) is 10.2. The third kappa shape index (κ3) is 4.20. The second-order valence-electron chi connectivity index (χ2n) is 4.19. The fraction of sp³-hybridized carbons (Fsp3) is 0.231. The third-order valence-electron chi connectivity index (χ3n) is 2.64. The lowest BCUT2D eigenvalue weighted by Gasteiger charge is -2.06. The molecule has 0 spiro atoms. The SMILES string of the molecule is O=S(=O)(Cc1ccc(CO)cc1)NCc1ccoc1. The number of furan rings is 1. The van der Waals surface area contributed by atoms with E-state index >= 15 is 0 Å².